The van der Waals surface area contributed by atoms with Crippen molar-refractivity contribution in [2.24, 2.45) is 0 Å². The second-order valence-corrected chi connectivity index (χ2v) is 6.55. The summed E-state index contributed by atoms with van der Waals surface area (Å²) in [6.45, 7) is 5.70. The van der Waals surface area contributed by atoms with Crippen LogP contribution < -0.4 is 4.90 Å². The predicted octanol–water partition coefficient (Wildman–Crippen LogP) is 2.71. The van der Waals surface area contributed by atoms with Gasteiger partial charge in [0.2, 0.25) is 0 Å². The van der Waals surface area contributed by atoms with Crippen LogP contribution in [0.15, 0.2) is 18.2 Å². The number of nitrogens with zero attached hydrogens (tertiary/aromatic N) is 5. The average molecular weight is 385 g/mol. The number of nitriles is 1. The second-order valence-electron chi connectivity index (χ2n) is 6.55. The fraction of sp³-hybridized carbons (Fsp3) is 0.400. The van der Waals surface area contributed by atoms with Crippen LogP contribution in [0.5, 0.6) is 0 Å². The van der Waals surface area contributed by atoms with E-state index in [0.717, 1.165) is 23.4 Å². The van der Waals surface area contributed by atoms with Crippen LogP contribution in [-0.2, 0) is 12.8 Å². The SMILES string of the molecule is CCc1nnc(N2CCN(C(=O)c3ccc(F)c(F)c3)CC2)c(C#N)c1CC. The highest BCUT2D eigenvalue weighted by molar-refractivity contribution is 5.94. The summed E-state index contributed by atoms with van der Waals surface area (Å²) < 4.78 is 26.5. The van der Waals surface area contributed by atoms with Crippen molar-refractivity contribution >= 4 is 11.7 Å². The van der Waals surface area contributed by atoms with E-state index in [0.29, 0.717) is 50.4 Å². The first-order valence-corrected chi connectivity index (χ1v) is 9.27. The number of hydrogen-bond acceptors (Lipinski definition) is 5. The first kappa shape index (κ1) is 19.7. The first-order valence-electron chi connectivity index (χ1n) is 9.27. The summed E-state index contributed by atoms with van der Waals surface area (Å²) in [5.41, 5.74) is 2.39. The minimum Gasteiger partial charge on any atom is -0.350 e. The Bertz CT molecular complexity index is 933. The largest absolute Gasteiger partial charge is 0.350 e. The van der Waals surface area contributed by atoms with Crippen LogP contribution in [0.1, 0.15) is 41.0 Å². The Balaban J connectivity index is 1.76. The molecule has 1 aromatic carbocycles. The summed E-state index contributed by atoms with van der Waals surface area (Å²) in [6, 6.07) is 5.41. The maximum absolute atomic E-state index is 13.4. The van der Waals surface area contributed by atoms with Gasteiger partial charge in [0.05, 0.1) is 5.69 Å². The van der Waals surface area contributed by atoms with Crippen molar-refractivity contribution < 1.29 is 13.6 Å². The van der Waals surface area contributed by atoms with Gasteiger partial charge in [0.25, 0.3) is 5.91 Å². The summed E-state index contributed by atoms with van der Waals surface area (Å²) >= 11 is 0. The Morgan fingerprint density at radius 3 is 2.39 bits per heavy atom. The highest BCUT2D eigenvalue weighted by Crippen LogP contribution is 2.24. The lowest BCUT2D eigenvalue weighted by Gasteiger charge is -2.35. The third-order valence-corrected chi connectivity index (χ3v) is 4.97. The molecular formula is C20H21F2N5O. The number of aryl methyl sites for hydroxylation is 1. The molecule has 1 fully saturated rings. The number of carbonyl (C=O) groups is 1. The molecule has 1 aliphatic rings. The molecule has 1 amide bonds. The molecule has 0 aliphatic carbocycles. The van der Waals surface area contributed by atoms with Crippen molar-refractivity contribution in [3.63, 3.8) is 0 Å². The Kier molecular flexibility index (Phi) is 5.83. The van der Waals surface area contributed by atoms with E-state index in [1.54, 1.807) is 4.90 Å². The van der Waals surface area contributed by atoms with Gasteiger partial charge in [-0.2, -0.15) is 10.4 Å². The van der Waals surface area contributed by atoms with Gasteiger partial charge < -0.3 is 9.80 Å². The van der Waals surface area contributed by atoms with Gasteiger partial charge in [-0.1, -0.05) is 13.8 Å². The van der Waals surface area contributed by atoms with Gasteiger partial charge in [0.15, 0.2) is 17.5 Å². The topological polar surface area (TPSA) is 73.1 Å². The Morgan fingerprint density at radius 2 is 1.82 bits per heavy atom. The number of benzene rings is 1. The van der Waals surface area contributed by atoms with E-state index in [4.69, 9.17) is 0 Å². The maximum Gasteiger partial charge on any atom is 0.254 e. The lowest BCUT2D eigenvalue weighted by Crippen LogP contribution is -2.49. The zero-order chi connectivity index (χ0) is 20.3. The summed E-state index contributed by atoms with van der Waals surface area (Å²) in [4.78, 5) is 16.1. The number of amides is 1. The predicted molar refractivity (Wildman–Crippen MR) is 100.0 cm³/mol. The Labute approximate surface area is 162 Å². The first-order chi connectivity index (χ1) is 13.5. The number of piperazine rings is 1. The molecule has 0 atom stereocenters. The zero-order valence-electron chi connectivity index (χ0n) is 15.9. The molecule has 1 saturated heterocycles. The van der Waals surface area contributed by atoms with E-state index in [9.17, 15) is 18.8 Å². The molecule has 146 valence electrons. The Hall–Kier alpha value is -3.08. The van der Waals surface area contributed by atoms with Gasteiger partial charge in [0, 0.05) is 31.7 Å². The molecule has 0 saturated carbocycles. The zero-order valence-corrected chi connectivity index (χ0v) is 15.9. The molecule has 1 aliphatic heterocycles. The van der Waals surface area contributed by atoms with Gasteiger partial charge in [0.1, 0.15) is 11.6 Å². The number of halogens is 2. The quantitative estimate of drug-likeness (QED) is 0.809. The highest BCUT2D eigenvalue weighted by atomic mass is 19.2. The van der Waals surface area contributed by atoms with Crippen LogP contribution in [0.2, 0.25) is 0 Å². The van der Waals surface area contributed by atoms with Crippen LogP contribution in [0.4, 0.5) is 14.6 Å². The maximum atomic E-state index is 13.4. The molecule has 0 radical (unpaired) electrons. The van der Waals surface area contributed by atoms with Crippen molar-refractivity contribution in [2.45, 2.75) is 26.7 Å². The number of rotatable bonds is 4. The van der Waals surface area contributed by atoms with Gasteiger partial charge >= 0.3 is 0 Å². The monoisotopic (exact) mass is 385 g/mol. The normalized spacial score (nSPS) is 14.1. The van der Waals surface area contributed by atoms with Crippen molar-refractivity contribution in [3.05, 3.63) is 52.2 Å². The summed E-state index contributed by atoms with van der Waals surface area (Å²) in [7, 11) is 0. The van der Waals surface area contributed by atoms with Crippen LogP contribution in [-0.4, -0.2) is 47.2 Å². The molecule has 2 heterocycles. The van der Waals surface area contributed by atoms with Gasteiger partial charge in [-0.25, -0.2) is 8.78 Å². The standard InChI is InChI=1S/C20H21F2N5O/c1-3-14-15(12-23)19(25-24-18(14)4-2)26-7-9-27(10-8-26)20(28)13-5-6-16(21)17(22)11-13/h5-6,11H,3-4,7-10H2,1-2H3. The number of aromatic nitrogens is 2. The van der Waals surface area contributed by atoms with Crippen LogP contribution in [0.3, 0.4) is 0 Å². The number of hydrogen-bond donors (Lipinski definition) is 0. The minimum atomic E-state index is -1.04. The molecule has 2 aromatic rings. The van der Waals surface area contributed by atoms with E-state index in [-0.39, 0.29) is 11.5 Å². The molecule has 0 spiro atoms. The lowest BCUT2D eigenvalue weighted by molar-refractivity contribution is 0.0746. The third-order valence-electron chi connectivity index (χ3n) is 4.97. The molecule has 28 heavy (non-hydrogen) atoms. The van der Waals surface area contributed by atoms with E-state index in [1.165, 1.54) is 6.07 Å². The van der Waals surface area contributed by atoms with Crippen molar-refractivity contribution in [1.29, 1.82) is 5.26 Å². The van der Waals surface area contributed by atoms with Crippen LogP contribution in [0.25, 0.3) is 0 Å². The van der Waals surface area contributed by atoms with Crippen LogP contribution in [0, 0.1) is 23.0 Å². The fourth-order valence-electron chi connectivity index (χ4n) is 3.43. The van der Waals surface area contributed by atoms with E-state index < -0.39 is 11.6 Å². The van der Waals surface area contributed by atoms with Crippen molar-refractivity contribution in [3.8, 4) is 6.07 Å². The molecule has 8 heteroatoms. The molecule has 0 bridgehead atoms. The number of carbonyl (C=O) groups excluding carboxylic acids is 1. The van der Waals surface area contributed by atoms with Gasteiger partial charge in [-0.15, -0.1) is 5.10 Å². The average Bonchev–Trinajstić information content (AvgIpc) is 2.74. The molecule has 6 nitrogen and oxygen atoms in total. The van der Waals surface area contributed by atoms with Gasteiger partial charge in [-0.3, -0.25) is 4.79 Å². The van der Waals surface area contributed by atoms with Crippen LogP contribution >= 0.6 is 0 Å². The molecule has 3 rings (SSSR count). The molecular weight excluding hydrogens is 364 g/mol. The van der Waals surface area contributed by atoms with Gasteiger partial charge in [-0.05, 0) is 36.6 Å². The fourth-order valence-corrected chi connectivity index (χ4v) is 3.43. The minimum absolute atomic E-state index is 0.116. The molecule has 1 aromatic heterocycles. The summed E-state index contributed by atoms with van der Waals surface area (Å²) in [5, 5.41) is 18.2. The smallest absolute Gasteiger partial charge is 0.254 e. The lowest BCUT2D eigenvalue weighted by atomic mass is 10.0. The molecule has 0 N–H and O–H groups in total. The number of anilines is 1. The molecule has 0 unspecified atom stereocenters. The summed E-state index contributed by atoms with van der Waals surface area (Å²) in [6.07, 6.45) is 1.41. The van der Waals surface area contributed by atoms with E-state index in [2.05, 4.69) is 16.3 Å². The highest BCUT2D eigenvalue weighted by Gasteiger charge is 2.26. The van der Waals surface area contributed by atoms with Crippen molar-refractivity contribution in [1.82, 2.24) is 15.1 Å². The summed E-state index contributed by atoms with van der Waals surface area (Å²) in [5.74, 6) is -1.83. The second kappa shape index (κ2) is 8.30. The van der Waals surface area contributed by atoms with Crippen molar-refractivity contribution in [2.75, 3.05) is 31.1 Å². The third kappa shape index (κ3) is 3.65. The Morgan fingerprint density at radius 1 is 1.11 bits per heavy atom. The van der Waals surface area contributed by atoms with E-state index in [1.807, 2.05) is 18.7 Å². The van der Waals surface area contributed by atoms with E-state index >= 15 is 0 Å².